The average molecular weight is 414 g/mol. The number of halogens is 3. The van der Waals surface area contributed by atoms with Crippen molar-refractivity contribution in [2.45, 2.75) is 5.38 Å². The van der Waals surface area contributed by atoms with Crippen molar-refractivity contribution in [2.75, 3.05) is 0 Å². The summed E-state index contributed by atoms with van der Waals surface area (Å²) in [5, 5.41) is 2.07. The number of alkyl halides is 1. The monoisotopic (exact) mass is 412 g/mol. The van der Waals surface area contributed by atoms with Gasteiger partial charge in [-0.1, -0.05) is 28.1 Å². The SMILES string of the molecule is ClC(c1ccc(Br)cc1)c1csc(I)c1. The van der Waals surface area contributed by atoms with Crippen LogP contribution in [0, 0.1) is 2.88 Å². The predicted octanol–water partition coefficient (Wildman–Crippen LogP) is 5.44. The molecule has 0 spiro atoms. The van der Waals surface area contributed by atoms with E-state index < -0.39 is 0 Å². The van der Waals surface area contributed by atoms with Crippen LogP contribution < -0.4 is 0 Å². The Morgan fingerprint density at radius 3 is 2.40 bits per heavy atom. The molecule has 0 saturated heterocycles. The van der Waals surface area contributed by atoms with Crippen molar-refractivity contribution >= 4 is 61.5 Å². The molecule has 0 aliphatic heterocycles. The molecule has 0 N–H and O–H groups in total. The summed E-state index contributed by atoms with van der Waals surface area (Å²) in [5.41, 5.74) is 2.31. The van der Waals surface area contributed by atoms with Gasteiger partial charge in [0.05, 0.1) is 8.26 Å². The van der Waals surface area contributed by atoms with E-state index in [0.717, 1.165) is 10.0 Å². The first-order valence-electron chi connectivity index (χ1n) is 4.30. The fourth-order valence-electron chi connectivity index (χ4n) is 1.28. The summed E-state index contributed by atoms with van der Waals surface area (Å²) in [7, 11) is 0. The highest BCUT2D eigenvalue weighted by atomic mass is 127. The second-order valence-corrected chi connectivity index (χ2v) is 7.26. The molecule has 0 bridgehead atoms. The van der Waals surface area contributed by atoms with E-state index in [9.17, 15) is 0 Å². The molecule has 2 aromatic rings. The molecule has 0 amide bonds. The largest absolute Gasteiger partial charge is 0.137 e. The molecule has 0 aliphatic rings. The van der Waals surface area contributed by atoms with Crippen molar-refractivity contribution in [1.29, 1.82) is 0 Å². The van der Waals surface area contributed by atoms with Crippen LogP contribution in [0.3, 0.4) is 0 Å². The minimum Gasteiger partial charge on any atom is -0.137 e. The van der Waals surface area contributed by atoms with Gasteiger partial charge in [0.25, 0.3) is 0 Å². The van der Waals surface area contributed by atoms with Crippen LogP contribution in [0.5, 0.6) is 0 Å². The molecule has 0 aliphatic carbocycles. The molecule has 2 rings (SSSR count). The van der Waals surface area contributed by atoms with Crippen LogP contribution in [0.4, 0.5) is 0 Å². The summed E-state index contributed by atoms with van der Waals surface area (Å²) in [5.74, 6) is 0. The van der Waals surface area contributed by atoms with Gasteiger partial charge in [0.1, 0.15) is 0 Å². The van der Waals surface area contributed by atoms with Crippen LogP contribution in [0.25, 0.3) is 0 Å². The first kappa shape index (κ1) is 11.9. The van der Waals surface area contributed by atoms with Crippen LogP contribution in [-0.4, -0.2) is 0 Å². The van der Waals surface area contributed by atoms with Gasteiger partial charge in [0.2, 0.25) is 0 Å². The lowest BCUT2D eigenvalue weighted by Gasteiger charge is -2.07. The quantitative estimate of drug-likeness (QED) is 0.454. The molecule has 1 heterocycles. The average Bonchev–Trinajstić information content (AvgIpc) is 2.65. The van der Waals surface area contributed by atoms with E-state index in [-0.39, 0.29) is 5.38 Å². The molecule has 4 heteroatoms. The predicted molar refractivity (Wildman–Crippen MR) is 78.9 cm³/mol. The summed E-state index contributed by atoms with van der Waals surface area (Å²) in [6.07, 6.45) is 0. The van der Waals surface area contributed by atoms with E-state index in [1.807, 2.05) is 24.3 Å². The van der Waals surface area contributed by atoms with E-state index in [2.05, 4.69) is 50.0 Å². The molecule has 1 aromatic heterocycles. The van der Waals surface area contributed by atoms with Crippen molar-refractivity contribution in [1.82, 2.24) is 0 Å². The Kier molecular flexibility index (Phi) is 4.10. The molecular weight excluding hydrogens is 406 g/mol. The van der Waals surface area contributed by atoms with Gasteiger partial charge in [-0.25, -0.2) is 0 Å². The Morgan fingerprint density at radius 1 is 1.20 bits per heavy atom. The third kappa shape index (κ3) is 2.96. The van der Waals surface area contributed by atoms with E-state index in [4.69, 9.17) is 11.6 Å². The first-order chi connectivity index (χ1) is 7.16. The normalized spacial score (nSPS) is 12.7. The van der Waals surface area contributed by atoms with Gasteiger partial charge in [-0.15, -0.1) is 22.9 Å². The number of thiophene rings is 1. The molecule has 78 valence electrons. The van der Waals surface area contributed by atoms with Crippen molar-refractivity contribution in [2.24, 2.45) is 0 Å². The molecule has 0 fully saturated rings. The zero-order valence-electron chi connectivity index (χ0n) is 7.58. The number of hydrogen-bond acceptors (Lipinski definition) is 1. The molecule has 1 unspecified atom stereocenters. The lowest BCUT2D eigenvalue weighted by molar-refractivity contribution is 1.15. The van der Waals surface area contributed by atoms with Crippen molar-refractivity contribution < 1.29 is 0 Å². The topological polar surface area (TPSA) is 0 Å². The van der Waals surface area contributed by atoms with E-state index in [0.29, 0.717) is 0 Å². The molecule has 0 radical (unpaired) electrons. The Labute approximate surface area is 120 Å². The fraction of sp³-hybridized carbons (Fsp3) is 0.0909. The maximum atomic E-state index is 6.39. The van der Waals surface area contributed by atoms with Crippen LogP contribution in [0.15, 0.2) is 40.2 Å². The van der Waals surface area contributed by atoms with Crippen molar-refractivity contribution in [3.05, 3.63) is 54.2 Å². The molecular formula is C11H7BrClIS. The van der Waals surface area contributed by atoms with Crippen LogP contribution in [0.2, 0.25) is 0 Å². The van der Waals surface area contributed by atoms with Gasteiger partial charge in [0, 0.05) is 4.47 Å². The minimum absolute atomic E-state index is 0.0436. The number of benzene rings is 1. The Bertz CT molecular complexity index is 452. The summed E-state index contributed by atoms with van der Waals surface area (Å²) < 4.78 is 2.35. The lowest BCUT2D eigenvalue weighted by Crippen LogP contribution is -1.90. The van der Waals surface area contributed by atoms with Crippen LogP contribution in [0.1, 0.15) is 16.5 Å². The smallest absolute Gasteiger partial charge is 0.0843 e. The summed E-state index contributed by atoms with van der Waals surface area (Å²) >= 11 is 13.8. The van der Waals surface area contributed by atoms with Gasteiger partial charge in [-0.3, -0.25) is 0 Å². The van der Waals surface area contributed by atoms with Gasteiger partial charge in [0.15, 0.2) is 0 Å². The van der Waals surface area contributed by atoms with Gasteiger partial charge >= 0.3 is 0 Å². The zero-order chi connectivity index (χ0) is 10.8. The Balaban J connectivity index is 2.28. The van der Waals surface area contributed by atoms with E-state index >= 15 is 0 Å². The second-order valence-electron chi connectivity index (χ2n) is 3.10. The highest BCUT2D eigenvalue weighted by Crippen LogP contribution is 2.32. The van der Waals surface area contributed by atoms with Crippen LogP contribution >= 0.6 is 61.5 Å². The van der Waals surface area contributed by atoms with E-state index in [1.54, 1.807) is 11.3 Å². The molecule has 15 heavy (non-hydrogen) atoms. The summed E-state index contributed by atoms with van der Waals surface area (Å²) in [6.45, 7) is 0. The maximum absolute atomic E-state index is 6.39. The standard InChI is InChI=1S/C11H7BrClIS/c12-9-3-1-7(2-4-9)11(13)8-5-10(14)15-6-8/h1-6,11H. The zero-order valence-corrected chi connectivity index (χ0v) is 12.9. The van der Waals surface area contributed by atoms with Gasteiger partial charge < -0.3 is 0 Å². The van der Waals surface area contributed by atoms with Gasteiger partial charge in [-0.05, 0) is 57.3 Å². The van der Waals surface area contributed by atoms with E-state index in [1.165, 1.54) is 8.45 Å². The Morgan fingerprint density at radius 2 is 1.87 bits per heavy atom. The number of hydrogen-bond donors (Lipinski definition) is 0. The first-order valence-corrected chi connectivity index (χ1v) is 7.49. The highest BCUT2D eigenvalue weighted by molar-refractivity contribution is 14.1. The summed E-state index contributed by atoms with van der Waals surface area (Å²) in [6, 6.07) is 10.3. The van der Waals surface area contributed by atoms with Crippen molar-refractivity contribution in [3.8, 4) is 0 Å². The molecule has 0 nitrogen and oxygen atoms in total. The second kappa shape index (κ2) is 5.17. The Hall–Kier alpha value is 0.420. The highest BCUT2D eigenvalue weighted by Gasteiger charge is 2.11. The fourth-order valence-corrected chi connectivity index (χ4v) is 3.29. The number of rotatable bonds is 2. The molecule has 1 atom stereocenters. The maximum Gasteiger partial charge on any atom is 0.0843 e. The third-order valence-electron chi connectivity index (χ3n) is 2.04. The van der Waals surface area contributed by atoms with Crippen LogP contribution in [-0.2, 0) is 0 Å². The molecule has 1 aromatic carbocycles. The van der Waals surface area contributed by atoms with Crippen molar-refractivity contribution in [3.63, 3.8) is 0 Å². The van der Waals surface area contributed by atoms with Gasteiger partial charge in [-0.2, -0.15) is 0 Å². The third-order valence-corrected chi connectivity index (χ3v) is 4.88. The summed E-state index contributed by atoms with van der Waals surface area (Å²) in [4.78, 5) is 0. The lowest BCUT2D eigenvalue weighted by atomic mass is 10.1. The minimum atomic E-state index is -0.0436. The molecule has 0 saturated carbocycles.